The van der Waals surface area contributed by atoms with Gasteiger partial charge in [0, 0.05) is 11.4 Å². The van der Waals surface area contributed by atoms with Crippen LogP contribution in [-0.4, -0.2) is 21.4 Å². The summed E-state index contributed by atoms with van der Waals surface area (Å²) in [6.45, 7) is 0. The van der Waals surface area contributed by atoms with Gasteiger partial charge in [-0.1, -0.05) is 48.9 Å². The maximum atomic E-state index is 13.2. The van der Waals surface area contributed by atoms with E-state index in [1.54, 1.807) is 18.2 Å². The van der Waals surface area contributed by atoms with Crippen molar-refractivity contribution >= 4 is 27.3 Å². The predicted octanol–water partition coefficient (Wildman–Crippen LogP) is 4.46. The Morgan fingerprint density at radius 2 is 1.75 bits per heavy atom. The number of amides is 1. The van der Waals surface area contributed by atoms with Crippen LogP contribution in [0.25, 0.3) is 0 Å². The average Bonchev–Trinajstić information content (AvgIpc) is 3.06. The molecule has 1 fully saturated rings. The number of carbonyl (C=O) groups is 1. The second kappa shape index (κ2) is 7.67. The highest BCUT2D eigenvalue weighted by Crippen LogP contribution is 2.53. The van der Waals surface area contributed by atoms with Gasteiger partial charge in [-0.3, -0.25) is 9.52 Å². The molecule has 32 heavy (non-hydrogen) atoms. The molecule has 1 saturated carbocycles. The molecule has 0 radical (unpaired) electrons. The molecule has 0 saturated heterocycles. The largest absolute Gasteiger partial charge is 0.495 e. The van der Waals surface area contributed by atoms with Crippen LogP contribution in [0.1, 0.15) is 36.0 Å². The Kier molecular flexibility index (Phi) is 4.93. The van der Waals surface area contributed by atoms with E-state index in [4.69, 9.17) is 4.74 Å². The predicted molar refractivity (Wildman–Crippen MR) is 124 cm³/mol. The van der Waals surface area contributed by atoms with E-state index < -0.39 is 15.4 Å². The van der Waals surface area contributed by atoms with Crippen molar-refractivity contribution in [2.45, 2.75) is 36.0 Å². The number of ether oxygens (including phenoxy) is 1. The number of anilines is 2. The normalized spacial score (nSPS) is 16.2. The lowest BCUT2D eigenvalue weighted by Crippen LogP contribution is -2.40. The Balaban J connectivity index is 1.59. The van der Waals surface area contributed by atoms with E-state index in [2.05, 4.69) is 10.0 Å². The van der Waals surface area contributed by atoms with Gasteiger partial charge in [-0.15, -0.1) is 0 Å². The number of methoxy groups -OCH3 is 1. The number of para-hydroxylation sites is 1. The summed E-state index contributed by atoms with van der Waals surface area (Å²) < 4.78 is 34.3. The molecule has 1 spiro atoms. The summed E-state index contributed by atoms with van der Waals surface area (Å²) in [5.41, 5.74) is 3.58. The minimum Gasteiger partial charge on any atom is -0.495 e. The second-order valence-electron chi connectivity index (χ2n) is 8.37. The topological polar surface area (TPSA) is 84.5 Å². The van der Waals surface area contributed by atoms with E-state index in [9.17, 15) is 13.2 Å². The Morgan fingerprint density at radius 1 is 1.03 bits per heavy atom. The summed E-state index contributed by atoms with van der Waals surface area (Å²) in [5.74, 6) is 0.288. The SMILES string of the molecule is COc1ccccc1S(=O)(=O)Nc1cc(Cc2ccccc2)c2c(c1)C1(CCC1)C(=O)N2. The zero-order valence-electron chi connectivity index (χ0n) is 17.7. The number of nitrogens with one attached hydrogen (secondary N) is 2. The van der Waals surface area contributed by atoms with E-state index >= 15 is 0 Å². The Bertz CT molecular complexity index is 1300. The molecule has 0 atom stereocenters. The van der Waals surface area contributed by atoms with Crippen molar-refractivity contribution < 1.29 is 17.9 Å². The number of carbonyl (C=O) groups excluding carboxylic acids is 1. The molecular formula is C25H24N2O4S. The van der Waals surface area contributed by atoms with Crippen LogP contribution in [0.4, 0.5) is 11.4 Å². The van der Waals surface area contributed by atoms with E-state index in [1.165, 1.54) is 13.2 Å². The minimum atomic E-state index is -3.88. The van der Waals surface area contributed by atoms with Crippen LogP contribution in [-0.2, 0) is 26.7 Å². The van der Waals surface area contributed by atoms with Gasteiger partial charge in [0.1, 0.15) is 10.6 Å². The number of sulfonamides is 1. The summed E-state index contributed by atoms with van der Waals surface area (Å²) in [6, 6.07) is 20.1. The van der Waals surface area contributed by atoms with E-state index in [1.807, 2.05) is 42.5 Å². The molecule has 1 heterocycles. The molecule has 0 unspecified atom stereocenters. The van der Waals surface area contributed by atoms with Gasteiger partial charge in [0.05, 0.1) is 12.5 Å². The molecule has 1 aliphatic carbocycles. The molecule has 164 valence electrons. The van der Waals surface area contributed by atoms with Crippen molar-refractivity contribution in [2.75, 3.05) is 17.1 Å². The first-order valence-electron chi connectivity index (χ1n) is 10.6. The first-order valence-corrected chi connectivity index (χ1v) is 12.1. The van der Waals surface area contributed by atoms with Crippen molar-refractivity contribution in [3.63, 3.8) is 0 Å². The molecule has 1 aliphatic heterocycles. The van der Waals surface area contributed by atoms with Gasteiger partial charge in [-0.25, -0.2) is 8.42 Å². The first-order chi connectivity index (χ1) is 15.4. The number of benzene rings is 3. The highest BCUT2D eigenvalue weighted by molar-refractivity contribution is 7.92. The van der Waals surface area contributed by atoms with E-state index in [0.29, 0.717) is 12.1 Å². The standard InChI is InChI=1S/C25H24N2O4S/c1-31-21-10-5-6-11-22(21)32(29,30)27-19-15-18(14-17-8-3-2-4-9-17)23-20(16-19)25(12-7-13-25)24(28)26-23/h2-6,8-11,15-16,27H,7,12-14H2,1H3,(H,26,28). The molecule has 6 nitrogen and oxygen atoms in total. The van der Waals surface area contributed by atoms with Gasteiger partial charge in [-0.2, -0.15) is 0 Å². The molecule has 2 N–H and O–H groups in total. The molecule has 3 aromatic carbocycles. The molecule has 3 aromatic rings. The molecule has 0 aromatic heterocycles. The molecule has 0 bridgehead atoms. The van der Waals surface area contributed by atoms with Crippen LogP contribution >= 0.6 is 0 Å². The smallest absolute Gasteiger partial charge is 0.265 e. The summed E-state index contributed by atoms with van der Waals surface area (Å²) in [6.07, 6.45) is 3.13. The number of rotatable bonds is 6. The maximum absolute atomic E-state index is 13.2. The maximum Gasteiger partial charge on any atom is 0.265 e. The van der Waals surface area contributed by atoms with Crippen molar-refractivity contribution in [1.29, 1.82) is 0 Å². The van der Waals surface area contributed by atoms with Crippen LogP contribution in [0.15, 0.2) is 71.6 Å². The van der Waals surface area contributed by atoms with Gasteiger partial charge in [0.15, 0.2) is 0 Å². The lowest BCUT2D eigenvalue weighted by Gasteiger charge is -2.36. The second-order valence-corrected chi connectivity index (χ2v) is 10.0. The van der Waals surface area contributed by atoms with Crippen molar-refractivity contribution in [3.05, 3.63) is 83.4 Å². The molecule has 5 rings (SSSR count). The zero-order valence-corrected chi connectivity index (χ0v) is 18.5. The average molecular weight is 449 g/mol. The van der Waals surface area contributed by atoms with Gasteiger partial charge < -0.3 is 10.1 Å². The highest BCUT2D eigenvalue weighted by Gasteiger charge is 2.51. The number of fused-ring (bicyclic) bond motifs is 2. The lowest BCUT2D eigenvalue weighted by atomic mass is 9.65. The quantitative estimate of drug-likeness (QED) is 0.583. The van der Waals surface area contributed by atoms with Crippen molar-refractivity contribution in [2.24, 2.45) is 0 Å². The monoisotopic (exact) mass is 448 g/mol. The first kappa shape index (κ1) is 20.6. The van der Waals surface area contributed by atoms with Crippen LogP contribution in [0.5, 0.6) is 5.75 Å². The molecule has 7 heteroatoms. The molecule has 2 aliphatic rings. The van der Waals surface area contributed by atoms with Crippen molar-refractivity contribution in [3.8, 4) is 5.75 Å². The van der Waals surface area contributed by atoms with Gasteiger partial charge in [-0.05, 0) is 60.2 Å². The van der Waals surface area contributed by atoms with E-state index in [0.717, 1.165) is 41.6 Å². The Labute approximate surface area is 187 Å². The van der Waals surface area contributed by atoms with Crippen molar-refractivity contribution in [1.82, 2.24) is 0 Å². The van der Waals surface area contributed by atoms with Crippen LogP contribution in [0, 0.1) is 0 Å². The third-order valence-electron chi connectivity index (χ3n) is 6.46. The number of hydrogen-bond donors (Lipinski definition) is 2. The molecular weight excluding hydrogens is 424 g/mol. The van der Waals surface area contributed by atoms with Crippen LogP contribution in [0.3, 0.4) is 0 Å². The highest BCUT2D eigenvalue weighted by atomic mass is 32.2. The fraction of sp³-hybridized carbons (Fsp3) is 0.240. The minimum absolute atomic E-state index is 0.0118. The van der Waals surface area contributed by atoms with Crippen LogP contribution in [0.2, 0.25) is 0 Å². The van der Waals surface area contributed by atoms with Gasteiger partial charge in [0.25, 0.3) is 10.0 Å². The Morgan fingerprint density at radius 3 is 2.44 bits per heavy atom. The fourth-order valence-corrected chi connectivity index (χ4v) is 5.89. The Hall–Kier alpha value is -3.32. The van der Waals surface area contributed by atoms with Gasteiger partial charge >= 0.3 is 0 Å². The number of hydrogen-bond acceptors (Lipinski definition) is 4. The lowest BCUT2D eigenvalue weighted by molar-refractivity contribution is -0.123. The zero-order chi connectivity index (χ0) is 22.3. The van der Waals surface area contributed by atoms with Gasteiger partial charge in [0.2, 0.25) is 5.91 Å². The molecule has 1 amide bonds. The third-order valence-corrected chi connectivity index (χ3v) is 7.88. The van der Waals surface area contributed by atoms with E-state index in [-0.39, 0.29) is 16.6 Å². The fourth-order valence-electron chi connectivity index (χ4n) is 4.67. The summed E-state index contributed by atoms with van der Waals surface area (Å²) in [7, 11) is -2.44. The third kappa shape index (κ3) is 3.33. The summed E-state index contributed by atoms with van der Waals surface area (Å²) >= 11 is 0. The van der Waals surface area contributed by atoms with Crippen LogP contribution < -0.4 is 14.8 Å². The summed E-state index contributed by atoms with van der Waals surface area (Å²) in [4.78, 5) is 12.9. The summed E-state index contributed by atoms with van der Waals surface area (Å²) in [5, 5.41) is 3.08.